The van der Waals surface area contributed by atoms with Crippen LogP contribution in [0.2, 0.25) is 0 Å². The van der Waals surface area contributed by atoms with Gasteiger partial charge in [-0.15, -0.1) is 0 Å². The molecule has 0 radical (unpaired) electrons. The minimum Gasteiger partial charge on any atom is -0.360 e. The summed E-state index contributed by atoms with van der Waals surface area (Å²) in [5.41, 5.74) is 4.10. The lowest BCUT2D eigenvalue weighted by molar-refractivity contribution is 0.220. The molecule has 0 bridgehead atoms. The molecule has 1 fully saturated rings. The van der Waals surface area contributed by atoms with Crippen LogP contribution in [-0.2, 0) is 7.05 Å². The summed E-state index contributed by atoms with van der Waals surface area (Å²) in [6.45, 7) is 13.5. The maximum Gasteiger partial charge on any atom is 0.113 e. The lowest BCUT2D eigenvalue weighted by atomic mass is 9.89. The van der Waals surface area contributed by atoms with E-state index in [1.165, 1.54) is 25.7 Å². The summed E-state index contributed by atoms with van der Waals surface area (Å²) < 4.78 is 1.96. The van der Waals surface area contributed by atoms with Crippen LogP contribution in [0.25, 0.3) is 0 Å². The number of nitrogens with zero attached hydrogens (tertiary/aromatic N) is 3. The van der Waals surface area contributed by atoms with Crippen LogP contribution in [0.5, 0.6) is 0 Å². The number of hydrogen-bond acceptors (Lipinski definition) is 2. The van der Waals surface area contributed by atoms with Crippen molar-refractivity contribution in [3.63, 3.8) is 0 Å². The first-order valence-electron chi connectivity index (χ1n) is 8.80. The van der Waals surface area contributed by atoms with E-state index in [0.29, 0.717) is 11.3 Å². The molecule has 130 valence electrons. The van der Waals surface area contributed by atoms with Gasteiger partial charge in [-0.3, -0.25) is 4.68 Å². The third-order valence-corrected chi connectivity index (χ3v) is 6.26. The van der Waals surface area contributed by atoms with Gasteiger partial charge in [-0.05, 0) is 57.8 Å². The molecule has 1 aromatic heterocycles. The molecule has 1 aromatic rings. The lowest BCUT2D eigenvalue weighted by Gasteiger charge is -2.39. The van der Waals surface area contributed by atoms with Crippen molar-refractivity contribution in [2.24, 2.45) is 12.5 Å². The highest BCUT2D eigenvalue weighted by Gasteiger charge is 2.39. The fourth-order valence-electron chi connectivity index (χ4n) is 2.98. The number of aryl methyl sites for hydroxylation is 1. The summed E-state index contributed by atoms with van der Waals surface area (Å²) in [5, 5.41) is 4.69. The van der Waals surface area contributed by atoms with E-state index in [1.54, 1.807) is 0 Å². The number of rotatable bonds is 6. The molecular formula is C19H33N3S. The van der Waals surface area contributed by atoms with E-state index >= 15 is 0 Å². The van der Waals surface area contributed by atoms with Gasteiger partial charge in [-0.25, -0.2) is 0 Å². The largest absolute Gasteiger partial charge is 0.360 e. The molecule has 1 heterocycles. The summed E-state index contributed by atoms with van der Waals surface area (Å²) in [4.78, 5) is 3.23. The fourth-order valence-corrected chi connectivity index (χ4v) is 3.48. The summed E-state index contributed by atoms with van der Waals surface area (Å²) >= 11 is 5.89. The van der Waals surface area contributed by atoms with Crippen LogP contribution >= 0.6 is 12.2 Å². The molecule has 2 rings (SSSR count). The Morgan fingerprint density at radius 2 is 1.96 bits per heavy atom. The maximum absolute atomic E-state index is 5.89. The van der Waals surface area contributed by atoms with Gasteiger partial charge in [0.25, 0.3) is 0 Å². The minimum atomic E-state index is 0.0687. The Bertz CT molecular complexity index is 594. The van der Waals surface area contributed by atoms with Crippen LogP contribution in [0.15, 0.2) is 0 Å². The van der Waals surface area contributed by atoms with Gasteiger partial charge in [0, 0.05) is 25.3 Å². The van der Waals surface area contributed by atoms with E-state index in [2.05, 4.69) is 53.5 Å². The second-order valence-electron chi connectivity index (χ2n) is 8.61. The van der Waals surface area contributed by atoms with Gasteiger partial charge in [0.15, 0.2) is 0 Å². The molecule has 0 N–H and O–H groups in total. The van der Waals surface area contributed by atoms with Gasteiger partial charge in [-0.2, -0.15) is 5.10 Å². The lowest BCUT2D eigenvalue weighted by Crippen LogP contribution is -2.45. The molecule has 0 atom stereocenters. The van der Waals surface area contributed by atoms with Crippen LogP contribution in [0, 0.1) is 12.3 Å². The van der Waals surface area contributed by atoms with Crippen LogP contribution in [0.4, 0.5) is 0 Å². The Morgan fingerprint density at radius 3 is 2.43 bits per heavy atom. The van der Waals surface area contributed by atoms with Crippen LogP contribution in [0.1, 0.15) is 83.2 Å². The topological polar surface area (TPSA) is 21.1 Å². The fraction of sp³-hybridized carbons (Fsp3) is 0.789. The Labute approximate surface area is 147 Å². The van der Waals surface area contributed by atoms with Crippen molar-refractivity contribution in [2.45, 2.75) is 78.7 Å². The smallest absolute Gasteiger partial charge is 0.113 e. The molecule has 0 aliphatic heterocycles. The van der Waals surface area contributed by atoms with Gasteiger partial charge in [0.05, 0.1) is 11.3 Å². The van der Waals surface area contributed by atoms with Crippen molar-refractivity contribution in [1.29, 1.82) is 0 Å². The van der Waals surface area contributed by atoms with E-state index in [9.17, 15) is 0 Å². The van der Waals surface area contributed by atoms with Crippen LogP contribution < -0.4 is 0 Å². The first kappa shape index (κ1) is 18.4. The molecule has 3 nitrogen and oxygen atoms in total. The van der Waals surface area contributed by atoms with Crippen molar-refractivity contribution in [2.75, 3.05) is 7.05 Å². The van der Waals surface area contributed by atoms with Crippen molar-refractivity contribution < 1.29 is 0 Å². The molecule has 0 unspecified atom stereocenters. The van der Waals surface area contributed by atoms with Crippen molar-refractivity contribution in [1.82, 2.24) is 14.7 Å². The Kier molecular flexibility index (Phi) is 4.97. The summed E-state index contributed by atoms with van der Waals surface area (Å²) in [5.74, 6) is 0.379. The van der Waals surface area contributed by atoms with Gasteiger partial charge in [0.1, 0.15) is 4.99 Å². The molecular weight excluding hydrogens is 302 g/mol. The van der Waals surface area contributed by atoms with E-state index in [4.69, 9.17) is 17.3 Å². The second-order valence-corrected chi connectivity index (χ2v) is 9.00. The number of thiocarbonyl (C=S) groups is 1. The summed E-state index contributed by atoms with van der Waals surface area (Å²) in [6.07, 6.45) is 5.24. The predicted octanol–water partition coefficient (Wildman–Crippen LogP) is 4.82. The minimum absolute atomic E-state index is 0.0687. The standard InChI is InChI=1S/C19H33N3S/c1-13(2)16-15(14(3)22(8)20-16)17(23)21(7)18(4,5)9-10-19(6)11-12-19/h13H,9-12H2,1-8H3. The van der Waals surface area contributed by atoms with E-state index in [1.807, 2.05) is 11.7 Å². The highest BCUT2D eigenvalue weighted by Crippen LogP contribution is 2.50. The molecule has 1 aliphatic rings. The van der Waals surface area contributed by atoms with Crippen molar-refractivity contribution in [3.05, 3.63) is 17.0 Å². The Balaban J connectivity index is 2.21. The van der Waals surface area contributed by atoms with Gasteiger partial charge < -0.3 is 4.90 Å². The zero-order valence-electron chi connectivity index (χ0n) is 16.2. The Hall–Kier alpha value is -0.900. The quantitative estimate of drug-likeness (QED) is 0.696. The zero-order valence-corrected chi connectivity index (χ0v) is 17.0. The maximum atomic E-state index is 5.89. The zero-order chi connectivity index (χ0) is 17.6. The molecule has 0 aromatic carbocycles. The van der Waals surface area contributed by atoms with Crippen molar-refractivity contribution in [3.8, 4) is 0 Å². The molecule has 23 heavy (non-hydrogen) atoms. The molecule has 0 spiro atoms. The first-order chi connectivity index (χ1) is 10.5. The first-order valence-corrected chi connectivity index (χ1v) is 9.21. The van der Waals surface area contributed by atoms with Gasteiger partial charge >= 0.3 is 0 Å². The molecule has 0 amide bonds. The normalized spacial score (nSPS) is 16.7. The monoisotopic (exact) mass is 335 g/mol. The van der Waals surface area contributed by atoms with E-state index in [-0.39, 0.29) is 5.54 Å². The highest BCUT2D eigenvalue weighted by atomic mass is 32.1. The second kappa shape index (κ2) is 6.19. The predicted molar refractivity (Wildman–Crippen MR) is 102 cm³/mol. The molecule has 1 aliphatic carbocycles. The Morgan fingerprint density at radius 1 is 1.39 bits per heavy atom. The van der Waals surface area contributed by atoms with E-state index in [0.717, 1.165) is 21.9 Å². The van der Waals surface area contributed by atoms with Crippen molar-refractivity contribution >= 4 is 17.2 Å². The van der Waals surface area contributed by atoms with Gasteiger partial charge in [-0.1, -0.05) is 33.0 Å². The molecule has 0 saturated heterocycles. The third-order valence-electron chi connectivity index (χ3n) is 5.78. The average Bonchev–Trinajstić information content (AvgIpc) is 3.13. The van der Waals surface area contributed by atoms with E-state index < -0.39 is 0 Å². The highest BCUT2D eigenvalue weighted by molar-refractivity contribution is 7.80. The van der Waals surface area contributed by atoms with Gasteiger partial charge in [0.2, 0.25) is 0 Å². The third kappa shape index (κ3) is 3.78. The summed E-state index contributed by atoms with van der Waals surface area (Å²) in [6, 6.07) is 0. The number of aromatic nitrogens is 2. The average molecular weight is 336 g/mol. The molecule has 1 saturated carbocycles. The van der Waals surface area contributed by atoms with Crippen LogP contribution in [-0.4, -0.2) is 32.3 Å². The summed E-state index contributed by atoms with van der Waals surface area (Å²) in [7, 11) is 4.15. The molecule has 4 heteroatoms. The van der Waals surface area contributed by atoms with Crippen LogP contribution in [0.3, 0.4) is 0 Å². The number of hydrogen-bond donors (Lipinski definition) is 0. The SMILES string of the molecule is Cc1c(C(=S)N(C)C(C)(C)CCC2(C)CC2)c(C(C)C)nn1C.